The van der Waals surface area contributed by atoms with E-state index < -0.39 is 11.7 Å². The van der Waals surface area contributed by atoms with E-state index in [9.17, 15) is 4.79 Å². The second-order valence-electron chi connectivity index (χ2n) is 4.56. The summed E-state index contributed by atoms with van der Waals surface area (Å²) in [5.74, 6) is 5.68. The number of hydrogen-bond acceptors (Lipinski definition) is 7. The summed E-state index contributed by atoms with van der Waals surface area (Å²) in [6, 6.07) is 1.88. The smallest absolute Gasteiger partial charge is 0.430 e. The van der Waals surface area contributed by atoms with Crippen LogP contribution in [-0.4, -0.2) is 27.9 Å². The molecular weight excluding hydrogens is 266 g/mol. The molecule has 1 rings (SSSR count). The van der Waals surface area contributed by atoms with Crippen molar-refractivity contribution in [3.8, 4) is 6.07 Å². The summed E-state index contributed by atoms with van der Waals surface area (Å²) in [6.45, 7) is 5.16. The van der Waals surface area contributed by atoms with Gasteiger partial charge in [0.2, 0.25) is 0 Å². The van der Waals surface area contributed by atoms with Gasteiger partial charge in [0.15, 0.2) is 11.0 Å². The largest absolute Gasteiger partial charge is 0.442 e. The molecule has 0 fully saturated rings. The molecule has 0 spiro atoms. The molecule has 0 aliphatic rings. The van der Waals surface area contributed by atoms with E-state index in [0.717, 1.165) is 0 Å². The lowest BCUT2D eigenvalue weighted by Gasteiger charge is -2.24. The Bertz CT molecular complexity index is 521. The van der Waals surface area contributed by atoms with Gasteiger partial charge >= 0.3 is 6.09 Å². The molecule has 0 unspecified atom stereocenters. The van der Waals surface area contributed by atoms with Crippen molar-refractivity contribution >= 4 is 23.7 Å². The van der Waals surface area contributed by atoms with E-state index in [0.29, 0.717) is 10.2 Å². The third-order valence-electron chi connectivity index (χ3n) is 1.87. The molecule has 1 amide bonds. The molecular formula is C11H15N5O2S. The highest BCUT2D eigenvalue weighted by Gasteiger charge is 2.24. The van der Waals surface area contributed by atoms with Crippen molar-refractivity contribution in [2.24, 2.45) is 5.84 Å². The van der Waals surface area contributed by atoms with Gasteiger partial charge in [-0.15, -0.1) is 0 Å². The molecule has 19 heavy (non-hydrogen) atoms. The van der Waals surface area contributed by atoms with Crippen LogP contribution in [0.25, 0.3) is 0 Å². The van der Waals surface area contributed by atoms with Crippen molar-refractivity contribution in [3.63, 3.8) is 0 Å². The van der Waals surface area contributed by atoms with Gasteiger partial charge in [0.1, 0.15) is 17.2 Å². The Kier molecular flexibility index (Phi) is 4.69. The highest BCUT2D eigenvalue weighted by Crippen LogP contribution is 2.19. The van der Waals surface area contributed by atoms with Crippen LogP contribution in [0.1, 0.15) is 26.3 Å². The van der Waals surface area contributed by atoms with Crippen LogP contribution in [0.15, 0.2) is 11.4 Å². The van der Waals surface area contributed by atoms with E-state index >= 15 is 0 Å². The zero-order valence-corrected chi connectivity index (χ0v) is 12.0. The lowest BCUT2D eigenvalue weighted by atomic mass is 10.2. The fourth-order valence-corrected chi connectivity index (χ4v) is 1.45. The van der Waals surface area contributed by atoms with Crippen LogP contribution >= 0.6 is 11.8 Å². The zero-order valence-electron chi connectivity index (χ0n) is 11.2. The zero-order chi connectivity index (χ0) is 14.6. The highest BCUT2D eigenvalue weighted by atomic mass is 32.2. The summed E-state index contributed by atoms with van der Waals surface area (Å²) < 4.78 is 5.11. The van der Waals surface area contributed by atoms with E-state index in [2.05, 4.69) is 9.97 Å². The number of rotatable bonds is 2. The average molecular weight is 281 g/mol. The number of carbonyl (C=O) groups is 1. The number of ether oxygens (including phenoxy) is 1. The summed E-state index contributed by atoms with van der Waals surface area (Å²) >= 11 is 1.28. The number of nitriles is 1. The maximum atomic E-state index is 11.8. The quantitative estimate of drug-likeness (QED) is 0.289. The van der Waals surface area contributed by atoms with Crippen LogP contribution in [0.4, 0.5) is 10.6 Å². The van der Waals surface area contributed by atoms with Gasteiger partial charge in [0, 0.05) is 0 Å². The van der Waals surface area contributed by atoms with Gasteiger partial charge in [-0.2, -0.15) is 10.3 Å². The first-order chi connectivity index (χ1) is 8.78. The maximum Gasteiger partial charge on any atom is 0.430 e. The molecule has 0 radical (unpaired) electrons. The predicted octanol–water partition coefficient (Wildman–Crippen LogP) is 1.69. The molecule has 0 saturated carbocycles. The van der Waals surface area contributed by atoms with Crippen LogP contribution in [-0.2, 0) is 4.74 Å². The van der Waals surface area contributed by atoms with Gasteiger partial charge in [-0.3, -0.25) is 0 Å². The standard InChI is InChI=1S/C11H15N5O2S/c1-11(2,3)18-10(17)16(13)8-7(5-12)6-14-9(15-8)19-4/h6H,13H2,1-4H3. The van der Waals surface area contributed by atoms with Gasteiger partial charge in [0.25, 0.3) is 0 Å². The van der Waals surface area contributed by atoms with Crippen molar-refractivity contribution in [3.05, 3.63) is 11.8 Å². The Morgan fingerprint density at radius 2 is 2.21 bits per heavy atom. The Labute approximate surface area is 115 Å². The van der Waals surface area contributed by atoms with Crippen LogP contribution < -0.4 is 10.9 Å². The molecule has 2 N–H and O–H groups in total. The van der Waals surface area contributed by atoms with Crippen molar-refractivity contribution < 1.29 is 9.53 Å². The Balaban J connectivity index is 3.08. The molecule has 0 atom stereocenters. The van der Waals surface area contributed by atoms with E-state index in [-0.39, 0.29) is 11.4 Å². The monoisotopic (exact) mass is 281 g/mol. The summed E-state index contributed by atoms with van der Waals surface area (Å²) in [4.78, 5) is 19.8. The SMILES string of the molecule is CSc1ncc(C#N)c(N(N)C(=O)OC(C)(C)C)n1. The minimum absolute atomic E-state index is 0.0242. The Hall–Kier alpha value is -1.85. The second-order valence-corrected chi connectivity index (χ2v) is 5.33. The number of anilines is 1. The van der Waals surface area contributed by atoms with E-state index in [1.165, 1.54) is 18.0 Å². The summed E-state index contributed by atoms with van der Waals surface area (Å²) in [7, 11) is 0. The van der Waals surface area contributed by atoms with Gasteiger partial charge in [-0.1, -0.05) is 11.8 Å². The fourth-order valence-electron chi connectivity index (χ4n) is 1.12. The van der Waals surface area contributed by atoms with Crippen LogP contribution in [0.5, 0.6) is 0 Å². The first kappa shape index (κ1) is 15.2. The van der Waals surface area contributed by atoms with Crippen LogP contribution in [0.3, 0.4) is 0 Å². The predicted molar refractivity (Wildman–Crippen MR) is 71.4 cm³/mol. The third-order valence-corrected chi connectivity index (χ3v) is 2.43. The highest BCUT2D eigenvalue weighted by molar-refractivity contribution is 7.98. The van der Waals surface area contributed by atoms with E-state index in [1.54, 1.807) is 27.0 Å². The van der Waals surface area contributed by atoms with Crippen LogP contribution in [0, 0.1) is 11.3 Å². The van der Waals surface area contributed by atoms with Crippen molar-refractivity contribution in [2.75, 3.05) is 11.3 Å². The molecule has 0 aliphatic heterocycles. The number of aromatic nitrogens is 2. The summed E-state index contributed by atoms with van der Waals surface area (Å²) in [6.07, 6.45) is 2.31. The molecule has 0 saturated heterocycles. The van der Waals surface area contributed by atoms with Crippen LogP contribution in [0.2, 0.25) is 0 Å². The molecule has 1 heterocycles. The van der Waals surface area contributed by atoms with Gasteiger partial charge in [-0.25, -0.2) is 20.6 Å². The first-order valence-corrected chi connectivity index (χ1v) is 6.60. The fraction of sp³-hybridized carbons (Fsp3) is 0.455. The number of thioether (sulfide) groups is 1. The number of nitrogens with two attached hydrogens (primary N) is 1. The number of hydrazine groups is 1. The molecule has 0 aliphatic carbocycles. The summed E-state index contributed by atoms with van der Waals surface area (Å²) in [5, 5.41) is 10.1. The molecule has 7 nitrogen and oxygen atoms in total. The van der Waals surface area contributed by atoms with Gasteiger partial charge in [0.05, 0.1) is 6.20 Å². The molecule has 102 valence electrons. The summed E-state index contributed by atoms with van der Waals surface area (Å²) in [5.41, 5.74) is -0.581. The minimum atomic E-state index is -0.783. The van der Waals surface area contributed by atoms with E-state index in [1.807, 2.05) is 6.07 Å². The topological polar surface area (TPSA) is 105 Å². The minimum Gasteiger partial charge on any atom is -0.442 e. The Morgan fingerprint density at radius 1 is 1.58 bits per heavy atom. The Morgan fingerprint density at radius 3 is 2.68 bits per heavy atom. The second kappa shape index (κ2) is 5.86. The number of carbonyl (C=O) groups excluding carboxylic acids is 1. The molecule has 0 aromatic carbocycles. The average Bonchev–Trinajstić information content (AvgIpc) is 2.35. The van der Waals surface area contributed by atoms with E-state index in [4.69, 9.17) is 15.8 Å². The third kappa shape index (κ3) is 4.08. The number of nitrogens with zero attached hydrogens (tertiary/aromatic N) is 4. The molecule has 1 aromatic rings. The number of hydrogen-bond donors (Lipinski definition) is 1. The van der Waals surface area contributed by atoms with Crippen molar-refractivity contribution in [1.82, 2.24) is 9.97 Å². The molecule has 8 heteroatoms. The van der Waals surface area contributed by atoms with Crippen molar-refractivity contribution in [2.45, 2.75) is 31.5 Å². The first-order valence-electron chi connectivity index (χ1n) is 5.37. The molecule has 1 aromatic heterocycles. The lowest BCUT2D eigenvalue weighted by Crippen LogP contribution is -2.42. The normalized spacial score (nSPS) is 10.7. The van der Waals surface area contributed by atoms with Gasteiger partial charge < -0.3 is 4.74 Å². The van der Waals surface area contributed by atoms with Crippen molar-refractivity contribution in [1.29, 1.82) is 5.26 Å². The van der Waals surface area contributed by atoms with Gasteiger partial charge in [-0.05, 0) is 27.0 Å². The molecule has 0 bridgehead atoms. The maximum absolute atomic E-state index is 11.8. The number of amides is 1. The lowest BCUT2D eigenvalue weighted by molar-refractivity contribution is 0.0578.